The van der Waals surface area contributed by atoms with Crippen molar-refractivity contribution < 1.29 is 8.42 Å². The minimum Gasteiger partial charge on any atom is -0.364 e. The summed E-state index contributed by atoms with van der Waals surface area (Å²) in [5.41, 5.74) is 6.17. The van der Waals surface area contributed by atoms with E-state index in [2.05, 4.69) is 60.5 Å². The van der Waals surface area contributed by atoms with Crippen molar-refractivity contribution in [2.75, 3.05) is 11.6 Å². The van der Waals surface area contributed by atoms with Gasteiger partial charge in [-0.2, -0.15) is 0 Å². The van der Waals surface area contributed by atoms with Gasteiger partial charge in [-0.15, -0.1) is 11.3 Å². The van der Waals surface area contributed by atoms with Gasteiger partial charge in [0.15, 0.2) is 9.84 Å². The van der Waals surface area contributed by atoms with Crippen LogP contribution in [-0.2, 0) is 9.84 Å². The quantitative estimate of drug-likeness (QED) is 0.239. The Morgan fingerprint density at radius 3 is 2.30 bits per heavy atom. The number of nitrogens with one attached hydrogen (secondary N) is 1. The SMILES string of the molecule is Cc1cccc(-c2nc(-c3ccc(S(C)(=O)=O)cc3)sc2-c2ccnc(NC(C)c3ccccc3)c2)c1. The molecule has 0 aliphatic carbocycles. The van der Waals surface area contributed by atoms with Crippen molar-refractivity contribution >= 4 is 27.0 Å². The van der Waals surface area contributed by atoms with E-state index in [9.17, 15) is 8.42 Å². The van der Waals surface area contributed by atoms with Gasteiger partial charge >= 0.3 is 0 Å². The normalized spacial score (nSPS) is 12.3. The van der Waals surface area contributed by atoms with Gasteiger partial charge in [-0.1, -0.05) is 66.2 Å². The molecule has 0 amide bonds. The van der Waals surface area contributed by atoms with Crippen LogP contribution in [0.5, 0.6) is 0 Å². The number of rotatable bonds is 7. The first kappa shape index (κ1) is 24.9. The summed E-state index contributed by atoms with van der Waals surface area (Å²) in [4.78, 5) is 10.9. The van der Waals surface area contributed by atoms with Gasteiger partial charge in [0.2, 0.25) is 0 Å². The fourth-order valence-electron chi connectivity index (χ4n) is 4.17. The zero-order chi connectivity index (χ0) is 26.0. The van der Waals surface area contributed by atoms with Gasteiger partial charge in [0.25, 0.3) is 0 Å². The van der Waals surface area contributed by atoms with E-state index in [-0.39, 0.29) is 6.04 Å². The highest BCUT2D eigenvalue weighted by molar-refractivity contribution is 7.90. The van der Waals surface area contributed by atoms with Crippen LogP contribution in [0.25, 0.3) is 32.3 Å². The lowest BCUT2D eigenvalue weighted by molar-refractivity contribution is 0.602. The molecule has 1 atom stereocenters. The number of sulfone groups is 1. The molecule has 0 saturated heterocycles. The molecule has 2 aromatic heterocycles. The maximum atomic E-state index is 11.9. The highest BCUT2D eigenvalue weighted by Gasteiger charge is 2.18. The van der Waals surface area contributed by atoms with Gasteiger partial charge < -0.3 is 5.32 Å². The average molecular weight is 526 g/mol. The van der Waals surface area contributed by atoms with E-state index in [1.807, 2.05) is 48.7 Å². The fraction of sp³-hybridized carbons (Fsp3) is 0.133. The predicted molar refractivity (Wildman–Crippen MR) is 153 cm³/mol. The Balaban J connectivity index is 1.56. The summed E-state index contributed by atoms with van der Waals surface area (Å²) in [6.07, 6.45) is 3.03. The van der Waals surface area contributed by atoms with Crippen molar-refractivity contribution in [2.24, 2.45) is 0 Å². The monoisotopic (exact) mass is 525 g/mol. The second-order valence-corrected chi connectivity index (χ2v) is 12.1. The van der Waals surface area contributed by atoms with Crippen LogP contribution in [0.2, 0.25) is 0 Å². The van der Waals surface area contributed by atoms with Gasteiger partial charge in [0.1, 0.15) is 10.8 Å². The molecular formula is C30H27N3O2S2. The van der Waals surface area contributed by atoms with Crippen molar-refractivity contribution in [1.82, 2.24) is 9.97 Å². The molecule has 5 aromatic rings. The number of thiazole rings is 1. The minimum atomic E-state index is -3.26. The summed E-state index contributed by atoms with van der Waals surface area (Å²) in [5.74, 6) is 0.788. The number of benzene rings is 3. The molecule has 186 valence electrons. The molecule has 1 N–H and O–H groups in total. The standard InChI is InChI=1S/C30H27N3O2S2/c1-20-8-7-11-24(18-20)28-29(36-30(33-28)23-12-14-26(15-13-23)37(3,34)35)25-16-17-31-27(19-25)32-21(2)22-9-5-4-6-10-22/h4-19,21H,1-3H3,(H,31,32). The second kappa shape index (κ2) is 10.3. The first-order chi connectivity index (χ1) is 17.8. The van der Waals surface area contributed by atoms with Gasteiger partial charge in [-0.25, -0.2) is 18.4 Å². The minimum absolute atomic E-state index is 0.102. The molecule has 7 heteroatoms. The summed E-state index contributed by atoms with van der Waals surface area (Å²) >= 11 is 1.59. The maximum Gasteiger partial charge on any atom is 0.175 e. The molecule has 0 fully saturated rings. The third-order valence-electron chi connectivity index (χ3n) is 6.13. The van der Waals surface area contributed by atoms with Crippen LogP contribution in [0.1, 0.15) is 24.1 Å². The van der Waals surface area contributed by atoms with E-state index in [0.29, 0.717) is 4.90 Å². The third-order valence-corrected chi connectivity index (χ3v) is 8.42. The van der Waals surface area contributed by atoms with E-state index in [4.69, 9.17) is 4.98 Å². The van der Waals surface area contributed by atoms with Crippen LogP contribution in [0.4, 0.5) is 5.82 Å². The average Bonchev–Trinajstić information content (AvgIpc) is 3.35. The van der Waals surface area contributed by atoms with E-state index in [1.54, 1.807) is 23.5 Å². The summed E-state index contributed by atoms with van der Waals surface area (Å²) in [6.45, 7) is 4.19. The predicted octanol–water partition coefficient (Wildman–Crippen LogP) is 7.42. The molecule has 0 aliphatic heterocycles. The van der Waals surface area contributed by atoms with Crippen LogP contribution in [0, 0.1) is 6.92 Å². The first-order valence-electron chi connectivity index (χ1n) is 11.9. The molecule has 1 unspecified atom stereocenters. The Hall–Kier alpha value is -3.81. The molecule has 3 aromatic carbocycles. The van der Waals surface area contributed by atoms with Crippen molar-refractivity contribution in [2.45, 2.75) is 24.8 Å². The number of aryl methyl sites for hydroxylation is 1. The Morgan fingerprint density at radius 2 is 1.59 bits per heavy atom. The van der Waals surface area contributed by atoms with Crippen molar-refractivity contribution in [3.63, 3.8) is 0 Å². The van der Waals surface area contributed by atoms with E-state index in [0.717, 1.165) is 43.7 Å². The highest BCUT2D eigenvalue weighted by Crippen LogP contribution is 2.41. The van der Waals surface area contributed by atoms with Crippen molar-refractivity contribution in [3.8, 4) is 32.3 Å². The molecule has 0 saturated carbocycles. The van der Waals surface area contributed by atoms with E-state index < -0.39 is 9.84 Å². The molecular weight excluding hydrogens is 498 g/mol. The summed E-state index contributed by atoms with van der Waals surface area (Å²) in [5, 5.41) is 4.34. The number of hydrogen-bond donors (Lipinski definition) is 1. The highest BCUT2D eigenvalue weighted by atomic mass is 32.2. The smallest absolute Gasteiger partial charge is 0.175 e. The maximum absolute atomic E-state index is 11.9. The lowest BCUT2D eigenvalue weighted by Crippen LogP contribution is -2.07. The Kier molecular flexibility index (Phi) is 6.91. The Bertz CT molecular complexity index is 1640. The van der Waals surface area contributed by atoms with Gasteiger partial charge in [0, 0.05) is 29.6 Å². The van der Waals surface area contributed by atoms with Crippen LogP contribution in [0.3, 0.4) is 0 Å². The third kappa shape index (κ3) is 5.63. The summed E-state index contributed by atoms with van der Waals surface area (Å²) in [7, 11) is -3.26. The number of nitrogens with zero attached hydrogens (tertiary/aromatic N) is 2. The Labute approximate surface area is 221 Å². The zero-order valence-electron chi connectivity index (χ0n) is 20.8. The fourth-order valence-corrected chi connectivity index (χ4v) is 5.89. The molecule has 5 nitrogen and oxygen atoms in total. The molecule has 2 heterocycles. The van der Waals surface area contributed by atoms with Gasteiger partial charge in [-0.05, 0) is 55.3 Å². The van der Waals surface area contributed by atoms with Crippen molar-refractivity contribution in [1.29, 1.82) is 0 Å². The summed E-state index contributed by atoms with van der Waals surface area (Å²) in [6, 6.07) is 29.7. The van der Waals surface area contributed by atoms with E-state index >= 15 is 0 Å². The number of pyridine rings is 1. The largest absolute Gasteiger partial charge is 0.364 e. The summed E-state index contributed by atoms with van der Waals surface area (Å²) < 4.78 is 23.8. The number of anilines is 1. The molecule has 37 heavy (non-hydrogen) atoms. The topological polar surface area (TPSA) is 72.0 Å². The first-order valence-corrected chi connectivity index (χ1v) is 14.6. The molecule has 0 radical (unpaired) electrons. The lowest BCUT2D eigenvalue weighted by Gasteiger charge is -2.15. The number of aromatic nitrogens is 2. The lowest BCUT2D eigenvalue weighted by atomic mass is 10.1. The van der Waals surface area contributed by atoms with Crippen molar-refractivity contribution in [3.05, 3.63) is 108 Å². The molecule has 0 aliphatic rings. The van der Waals surface area contributed by atoms with Crippen LogP contribution in [-0.4, -0.2) is 24.6 Å². The van der Waals surface area contributed by atoms with E-state index in [1.165, 1.54) is 11.8 Å². The molecule has 0 spiro atoms. The number of hydrogen-bond acceptors (Lipinski definition) is 6. The molecule has 0 bridgehead atoms. The van der Waals surface area contributed by atoms with Crippen LogP contribution < -0.4 is 5.32 Å². The van der Waals surface area contributed by atoms with Crippen LogP contribution in [0.15, 0.2) is 102 Å². The van der Waals surface area contributed by atoms with Gasteiger partial charge in [-0.3, -0.25) is 0 Å². The van der Waals surface area contributed by atoms with Gasteiger partial charge in [0.05, 0.1) is 15.5 Å². The molecule has 5 rings (SSSR count). The van der Waals surface area contributed by atoms with Crippen LogP contribution >= 0.6 is 11.3 Å². The zero-order valence-corrected chi connectivity index (χ0v) is 22.5. The Morgan fingerprint density at radius 1 is 0.838 bits per heavy atom. The second-order valence-electron chi connectivity index (χ2n) is 9.07.